The number of likely N-dealkylation sites (tertiary alicyclic amines) is 1. The third-order valence-corrected chi connectivity index (χ3v) is 7.25. The van der Waals surface area contributed by atoms with Crippen LogP contribution < -0.4 is 0 Å². The topological polar surface area (TPSA) is 96.4 Å². The van der Waals surface area contributed by atoms with Gasteiger partial charge in [-0.05, 0) is 71.6 Å². The van der Waals surface area contributed by atoms with Crippen molar-refractivity contribution in [1.82, 2.24) is 9.80 Å². The molecule has 8 nitrogen and oxygen atoms in total. The Balaban J connectivity index is 1.89. The molecular formula is C24H40N2O6. The lowest BCUT2D eigenvalue weighted by molar-refractivity contribution is -0.150. The Morgan fingerprint density at radius 2 is 1.69 bits per heavy atom. The maximum Gasteiger partial charge on any atom is 0.411 e. The van der Waals surface area contributed by atoms with E-state index in [9.17, 15) is 19.5 Å². The van der Waals surface area contributed by atoms with Crippen LogP contribution in [0.3, 0.4) is 0 Å². The molecule has 3 aliphatic rings. The maximum absolute atomic E-state index is 13.6. The van der Waals surface area contributed by atoms with E-state index in [0.717, 1.165) is 32.1 Å². The van der Waals surface area contributed by atoms with Gasteiger partial charge in [-0.3, -0.25) is 9.69 Å². The minimum absolute atomic E-state index is 0.0290. The highest BCUT2D eigenvalue weighted by Gasteiger charge is 2.55. The van der Waals surface area contributed by atoms with Crippen LogP contribution in [0.25, 0.3) is 0 Å². The van der Waals surface area contributed by atoms with Crippen LogP contribution in [0.15, 0.2) is 0 Å². The molecule has 0 unspecified atom stereocenters. The second-order valence-corrected chi connectivity index (χ2v) is 11.7. The first-order valence-corrected chi connectivity index (χ1v) is 11.9. The average molecular weight is 453 g/mol. The Labute approximate surface area is 191 Å². The Hall–Kier alpha value is -1.83. The third-order valence-electron chi connectivity index (χ3n) is 7.25. The molecule has 0 radical (unpaired) electrons. The van der Waals surface area contributed by atoms with Crippen molar-refractivity contribution < 1.29 is 29.0 Å². The number of carbonyl (C=O) groups is 3. The zero-order valence-electron chi connectivity index (χ0n) is 20.5. The molecule has 2 saturated heterocycles. The van der Waals surface area contributed by atoms with E-state index in [4.69, 9.17) is 9.47 Å². The molecule has 0 aromatic carbocycles. The van der Waals surface area contributed by atoms with Gasteiger partial charge >= 0.3 is 12.1 Å². The van der Waals surface area contributed by atoms with E-state index in [1.807, 2.05) is 4.90 Å². The first-order valence-electron chi connectivity index (χ1n) is 11.9. The van der Waals surface area contributed by atoms with Crippen molar-refractivity contribution >= 4 is 18.0 Å². The molecule has 0 aromatic rings. The Bertz CT molecular complexity index is 729. The van der Waals surface area contributed by atoms with Crippen molar-refractivity contribution in [3.05, 3.63) is 0 Å². The SMILES string of the molecule is CC1(C)CCC(N(C(=O)[C@@H]2CCCO2)[C@@H]2CN(C(=O)OC(C)(C)C)[C@](C)(C(=O)O)C2)CC1. The van der Waals surface area contributed by atoms with Gasteiger partial charge in [-0.15, -0.1) is 0 Å². The zero-order valence-corrected chi connectivity index (χ0v) is 20.5. The average Bonchev–Trinajstić information content (AvgIpc) is 3.30. The van der Waals surface area contributed by atoms with Crippen molar-refractivity contribution in [1.29, 1.82) is 0 Å². The molecule has 1 aliphatic carbocycles. The fraction of sp³-hybridized carbons (Fsp3) is 0.875. The summed E-state index contributed by atoms with van der Waals surface area (Å²) in [7, 11) is 0. The summed E-state index contributed by atoms with van der Waals surface area (Å²) in [5.74, 6) is -1.14. The van der Waals surface area contributed by atoms with Crippen LogP contribution in [-0.2, 0) is 19.1 Å². The number of carbonyl (C=O) groups excluding carboxylic acids is 2. The number of hydrogen-bond donors (Lipinski definition) is 1. The number of amides is 2. The molecule has 2 aliphatic heterocycles. The number of carboxylic acids is 1. The molecule has 2 heterocycles. The third kappa shape index (κ3) is 5.21. The summed E-state index contributed by atoms with van der Waals surface area (Å²) in [6.07, 6.45) is 4.35. The Morgan fingerprint density at radius 1 is 1.06 bits per heavy atom. The summed E-state index contributed by atoms with van der Waals surface area (Å²) < 4.78 is 11.2. The lowest BCUT2D eigenvalue weighted by atomic mass is 9.75. The summed E-state index contributed by atoms with van der Waals surface area (Å²) >= 11 is 0. The fourth-order valence-corrected chi connectivity index (χ4v) is 5.29. The zero-order chi connectivity index (χ0) is 23.9. The van der Waals surface area contributed by atoms with Gasteiger partial charge in [-0.1, -0.05) is 13.8 Å². The summed E-state index contributed by atoms with van der Waals surface area (Å²) in [6, 6.07) is -0.354. The molecule has 1 N–H and O–H groups in total. The smallest absolute Gasteiger partial charge is 0.411 e. The molecule has 3 rings (SSSR count). The van der Waals surface area contributed by atoms with Gasteiger partial charge in [0.15, 0.2) is 0 Å². The highest BCUT2D eigenvalue weighted by molar-refractivity contribution is 5.86. The van der Waals surface area contributed by atoms with Crippen LogP contribution >= 0.6 is 0 Å². The van der Waals surface area contributed by atoms with E-state index < -0.39 is 29.3 Å². The van der Waals surface area contributed by atoms with Crippen LogP contribution in [0.4, 0.5) is 4.79 Å². The van der Waals surface area contributed by atoms with E-state index in [0.29, 0.717) is 13.0 Å². The van der Waals surface area contributed by atoms with Gasteiger partial charge in [-0.25, -0.2) is 9.59 Å². The molecule has 2 amide bonds. The van der Waals surface area contributed by atoms with E-state index in [2.05, 4.69) is 13.8 Å². The van der Waals surface area contributed by atoms with E-state index in [-0.39, 0.29) is 36.4 Å². The summed E-state index contributed by atoms with van der Waals surface area (Å²) in [5, 5.41) is 10.0. The van der Waals surface area contributed by atoms with Gasteiger partial charge in [-0.2, -0.15) is 0 Å². The molecule has 182 valence electrons. The number of carboxylic acid groups (broad SMARTS) is 1. The quantitative estimate of drug-likeness (QED) is 0.697. The van der Waals surface area contributed by atoms with Gasteiger partial charge in [0.25, 0.3) is 5.91 Å². The summed E-state index contributed by atoms with van der Waals surface area (Å²) in [4.78, 5) is 42.0. The molecule has 3 atom stereocenters. The number of nitrogens with zero attached hydrogens (tertiary/aromatic N) is 2. The van der Waals surface area contributed by atoms with E-state index >= 15 is 0 Å². The highest BCUT2D eigenvalue weighted by atomic mass is 16.6. The molecule has 0 aromatic heterocycles. The van der Waals surface area contributed by atoms with Gasteiger partial charge < -0.3 is 19.5 Å². The lowest BCUT2D eigenvalue weighted by Gasteiger charge is -2.43. The van der Waals surface area contributed by atoms with Crippen molar-refractivity contribution in [2.45, 2.75) is 116 Å². The molecule has 3 fully saturated rings. The van der Waals surface area contributed by atoms with Crippen LogP contribution in [-0.4, -0.2) is 75.4 Å². The standard InChI is InChI=1S/C24H40N2O6/c1-22(2,3)32-21(30)25-15-17(14-24(25,6)20(28)29)26(19(27)18-8-7-13-31-18)16-9-11-23(4,5)12-10-16/h16-18H,7-15H2,1-6H3,(H,28,29)/t17-,18-,24-/m0/s1. The molecule has 1 saturated carbocycles. The van der Waals surface area contributed by atoms with Crippen molar-refractivity contribution in [3.8, 4) is 0 Å². The Kier molecular flexibility index (Phi) is 6.85. The normalized spacial score (nSPS) is 30.9. The van der Waals surface area contributed by atoms with Crippen molar-refractivity contribution in [2.75, 3.05) is 13.2 Å². The maximum atomic E-state index is 13.6. The van der Waals surface area contributed by atoms with Crippen molar-refractivity contribution in [2.24, 2.45) is 5.41 Å². The van der Waals surface area contributed by atoms with Gasteiger partial charge in [0.1, 0.15) is 17.2 Å². The predicted molar refractivity (Wildman–Crippen MR) is 119 cm³/mol. The van der Waals surface area contributed by atoms with Crippen LogP contribution in [0.1, 0.15) is 86.5 Å². The molecule has 0 spiro atoms. The summed E-state index contributed by atoms with van der Waals surface area (Å²) in [6.45, 7) is 12.0. The molecule has 0 bridgehead atoms. The molecular weight excluding hydrogens is 412 g/mol. The van der Waals surface area contributed by atoms with Gasteiger partial charge in [0, 0.05) is 25.6 Å². The number of rotatable bonds is 4. The second-order valence-electron chi connectivity index (χ2n) is 11.7. The minimum Gasteiger partial charge on any atom is -0.480 e. The van der Waals surface area contributed by atoms with E-state index in [1.165, 1.54) is 4.90 Å². The Morgan fingerprint density at radius 3 is 2.19 bits per heavy atom. The molecule has 32 heavy (non-hydrogen) atoms. The molecule has 8 heteroatoms. The van der Waals surface area contributed by atoms with Crippen LogP contribution in [0, 0.1) is 5.41 Å². The van der Waals surface area contributed by atoms with Crippen LogP contribution in [0.2, 0.25) is 0 Å². The first kappa shape index (κ1) is 24.8. The van der Waals surface area contributed by atoms with Crippen LogP contribution in [0.5, 0.6) is 0 Å². The second kappa shape index (κ2) is 8.84. The largest absolute Gasteiger partial charge is 0.480 e. The fourth-order valence-electron chi connectivity index (χ4n) is 5.29. The predicted octanol–water partition coefficient (Wildman–Crippen LogP) is 3.82. The monoisotopic (exact) mass is 452 g/mol. The van der Waals surface area contributed by atoms with E-state index in [1.54, 1.807) is 27.7 Å². The first-order chi connectivity index (χ1) is 14.7. The highest BCUT2D eigenvalue weighted by Crippen LogP contribution is 2.41. The summed E-state index contributed by atoms with van der Waals surface area (Å²) in [5.41, 5.74) is -1.93. The lowest BCUT2D eigenvalue weighted by Crippen LogP contribution is -2.53. The van der Waals surface area contributed by atoms with Gasteiger partial charge in [0.2, 0.25) is 0 Å². The number of hydrogen-bond acceptors (Lipinski definition) is 5. The van der Waals surface area contributed by atoms with Crippen molar-refractivity contribution in [3.63, 3.8) is 0 Å². The van der Waals surface area contributed by atoms with Gasteiger partial charge in [0.05, 0.1) is 6.04 Å². The number of aliphatic carboxylic acids is 1. The number of ether oxygens (including phenoxy) is 2. The minimum atomic E-state index is -1.43.